The fourth-order valence-corrected chi connectivity index (χ4v) is 10.3. The summed E-state index contributed by atoms with van der Waals surface area (Å²) in [6, 6.07) is 89.0. The van der Waals surface area contributed by atoms with Crippen molar-refractivity contribution in [2.45, 2.75) is 5.41 Å². The number of benzene rings is 10. The smallest absolute Gasteiger partial charge is 0.0727 e. The van der Waals surface area contributed by atoms with Crippen LogP contribution >= 0.6 is 0 Å². The quantitative estimate of drug-likeness (QED) is 0.159. The lowest BCUT2D eigenvalue weighted by atomic mass is 9.70. The minimum absolute atomic E-state index is 0.578. The van der Waals surface area contributed by atoms with Gasteiger partial charge in [-0.3, -0.25) is 0 Å². The molecule has 0 heterocycles. The maximum Gasteiger partial charge on any atom is 0.0727 e. The Bertz CT molecular complexity index is 3190. The van der Waals surface area contributed by atoms with Crippen LogP contribution in [-0.2, 0) is 5.41 Å². The highest BCUT2D eigenvalue weighted by molar-refractivity contribution is 6.12. The van der Waals surface area contributed by atoms with E-state index in [1.54, 1.807) is 0 Å². The maximum absolute atomic E-state index is 2.52. The molecule has 1 spiro atoms. The molecule has 286 valence electrons. The van der Waals surface area contributed by atoms with Crippen LogP contribution in [0.4, 0.5) is 34.1 Å². The van der Waals surface area contributed by atoms with Gasteiger partial charge in [0.1, 0.15) is 0 Å². The fraction of sp³-hybridized carbons (Fsp3) is 0.0169. The summed E-state index contributed by atoms with van der Waals surface area (Å²) in [4.78, 5) is 4.85. The van der Waals surface area contributed by atoms with Crippen LogP contribution in [0, 0.1) is 0 Å². The van der Waals surface area contributed by atoms with Gasteiger partial charge in [-0.05, 0) is 128 Å². The van der Waals surface area contributed by atoms with Crippen molar-refractivity contribution in [3.05, 3.63) is 265 Å². The Balaban J connectivity index is 1.14. The van der Waals surface area contributed by atoms with Crippen molar-refractivity contribution in [3.8, 4) is 33.4 Å². The largest absolute Gasteiger partial charge is 0.310 e. The first kappa shape index (κ1) is 35.0. The van der Waals surface area contributed by atoms with Gasteiger partial charge in [-0.25, -0.2) is 0 Å². The summed E-state index contributed by atoms with van der Waals surface area (Å²) in [7, 11) is 0. The Kier molecular flexibility index (Phi) is 8.11. The molecule has 0 bridgehead atoms. The zero-order valence-corrected chi connectivity index (χ0v) is 33.5. The number of rotatable bonds is 7. The van der Waals surface area contributed by atoms with Crippen molar-refractivity contribution >= 4 is 44.9 Å². The van der Waals surface area contributed by atoms with Crippen molar-refractivity contribution in [2.75, 3.05) is 9.80 Å². The first-order valence-corrected chi connectivity index (χ1v) is 21.1. The van der Waals surface area contributed by atoms with E-state index in [1.165, 1.54) is 66.4 Å². The first-order valence-electron chi connectivity index (χ1n) is 21.1. The SMILES string of the molecule is c1ccc(-c2ccc(N(c3ccccc3)c3ccc4c(c3)C3(c5ccccc5-4)c4ccccc4-c4c3cc(N(c3ccccc3)c3ccccc3)c3ccccc43)cc2)cc1. The van der Waals surface area contributed by atoms with E-state index in [0.717, 1.165) is 34.1 Å². The van der Waals surface area contributed by atoms with E-state index >= 15 is 0 Å². The summed E-state index contributed by atoms with van der Waals surface area (Å²) < 4.78 is 0. The van der Waals surface area contributed by atoms with E-state index in [2.05, 4.69) is 252 Å². The van der Waals surface area contributed by atoms with Gasteiger partial charge in [-0.1, -0.05) is 176 Å². The van der Waals surface area contributed by atoms with Gasteiger partial charge in [-0.15, -0.1) is 0 Å². The molecule has 0 fully saturated rings. The van der Waals surface area contributed by atoms with Gasteiger partial charge in [0.2, 0.25) is 0 Å². The second kappa shape index (κ2) is 14.1. The van der Waals surface area contributed by atoms with Gasteiger partial charge in [0.05, 0.1) is 11.1 Å². The third-order valence-electron chi connectivity index (χ3n) is 12.8. The molecule has 0 aliphatic heterocycles. The summed E-state index contributed by atoms with van der Waals surface area (Å²) in [5.74, 6) is 0. The van der Waals surface area contributed by atoms with Crippen LogP contribution in [0.2, 0.25) is 0 Å². The molecule has 2 nitrogen and oxygen atoms in total. The van der Waals surface area contributed by atoms with E-state index in [9.17, 15) is 0 Å². The van der Waals surface area contributed by atoms with Crippen molar-refractivity contribution in [1.82, 2.24) is 0 Å². The van der Waals surface area contributed by atoms with Crippen molar-refractivity contribution in [1.29, 1.82) is 0 Å². The third kappa shape index (κ3) is 5.36. The van der Waals surface area contributed by atoms with Gasteiger partial charge >= 0.3 is 0 Å². The number of nitrogens with zero attached hydrogens (tertiary/aromatic N) is 2. The minimum Gasteiger partial charge on any atom is -0.310 e. The van der Waals surface area contributed by atoms with Crippen LogP contribution in [0.25, 0.3) is 44.2 Å². The van der Waals surface area contributed by atoms with Crippen molar-refractivity contribution in [3.63, 3.8) is 0 Å². The molecule has 0 aromatic heterocycles. The second-order valence-electron chi connectivity index (χ2n) is 16.0. The van der Waals surface area contributed by atoms with E-state index in [-0.39, 0.29) is 0 Å². The highest BCUT2D eigenvalue weighted by Gasteiger charge is 2.52. The van der Waals surface area contributed by atoms with E-state index in [0.29, 0.717) is 0 Å². The molecular weight excluding hydrogens is 737 g/mol. The van der Waals surface area contributed by atoms with Crippen LogP contribution in [0.15, 0.2) is 243 Å². The maximum atomic E-state index is 2.52. The van der Waals surface area contributed by atoms with E-state index in [1.807, 2.05) is 0 Å². The molecule has 2 aliphatic carbocycles. The summed E-state index contributed by atoms with van der Waals surface area (Å²) in [5, 5.41) is 2.47. The van der Waals surface area contributed by atoms with Crippen molar-refractivity contribution in [2.24, 2.45) is 0 Å². The lowest BCUT2D eigenvalue weighted by Gasteiger charge is -2.34. The molecule has 0 radical (unpaired) electrons. The second-order valence-corrected chi connectivity index (χ2v) is 16.0. The standard InChI is InChI=1S/C59H40N2/c1-5-19-41(20-6-1)42-33-35-46(36-34-42)60(43-21-7-2-8-22-43)47-37-38-49-48-27-15-17-31-53(48)59(55(49)39-47)54-32-18-16-30-52(54)58-51-29-14-13-28-50(51)57(40-56(58)59)61(44-23-9-3-10-24-44)45-25-11-4-12-26-45/h1-40H. The molecule has 12 rings (SSSR count). The molecule has 61 heavy (non-hydrogen) atoms. The van der Waals surface area contributed by atoms with Crippen LogP contribution in [0.5, 0.6) is 0 Å². The van der Waals surface area contributed by atoms with Crippen LogP contribution in [0.3, 0.4) is 0 Å². The monoisotopic (exact) mass is 776 g/mol. The van der Waals surface area contributed by atoms with Gasteiger partial charge in [-0.2, -0.15) is 0 Å². The molecule has 0 N–H and O–H groups in total. The van der Waals surface area contributed by atoms with Crippen LogP contribution in [0.1, 0.15) is 22.3 Å². The van der Waals surface area contributed by atoms with Gasteiger partial charge in [0.25, 0.3) is 0 Å². The number of para-hydroxylation sites is 3. The molecule has 0 saturated heterocycles. The predicted molar refractivity (Wildman–Crippen MR) is 255 cm³/mol. The van der Waals surface area contributed by atoms with Gasteiger partial charge in [0.15, 0.2) is 0 Å². The number of hydrogen-bond donors (Lipinski definition) is 0. The summed E-state index contributed by atoms with van der Waals surface area (Å²) in [5.41, 5.74) is 19.0. The fourth-order valence-electron chi connectivity index (χ4n) is 10.3. The average Bonchev–Trinajstić information content (AvgIpc) is 3.80. The zero-order valence-electron chi connectivity index (χ0n) is 33.5. The molecule has 0 amide bonds. The molecule has 10 aromatic carbocycles. The molecular formula is C59H40N2. The number of hydrogen-bond acceptors (Lipinski definition) is 2. The zero-order chi connectivity index (χ0) is 40.3. The highest BCUT2D eigenvalue weighted by atomic mass is 15.1. The normalized spacial score (nSPS) is 14.3. The first-order chi connectivity index (χ1) is 30.3. The van der Waals surface area contributed by atoms with Crippen LogP contribution in [-0.4, -0.2) is 0 Å². The lowest BCUT2D eigenvalue weighted by Crippen LogP contribution is -2.26. The molecule has 10 aromatic rings. The van der Waals surface area contributed by atoms with E-state index < -0.39 is 5.41 Å². The molecule has 2 heteroatoms. The lowest BCUT2D eigenvalue weighted by molar-refractivity contribution is 0.794. The summed E-state index contributed by atoms with van der Waals surface area (Å²) >= 11 is 0. The van der Waals surface area contributed by atoms with Crippen molar-refractivity contribution < 1.29 is 0 Å². The number of fused-ring (bicyclic) bond motifs is 12. The summed E-state index contributed by atoms with van der Waals surface area (Å²) in [6.07, 6.45) is 0. The number of anilines is 6. The Morgan fingerprint density at radius 2 is 0.705 bits per heavy atom. The Morgan fingerprint density at radius 3 is 1.34 bits per heavy atom. The van der Waals surface area contributed by atoms with Crippen LogP contribution < -0.4 is 9.80 Å². The van der Waals surface area contributed by atoms with Gasteiger partial charge in [0, 0.05) is 33.8 Å². The topological polar surface area (TPSA) is 6.48 Å². The molecule has 0 saturated carbocycles. The Morgan fingerprint density at radius 1 is 0.262 bits per heavy atom. The minimum atomic E-state index is -0.578. The predicted octanol–water partition coefficient (Wildman–Crippen LogP) is 15.8. The highest BCUT2D eigenvalue weighted by Crippen LogP contribution is 2.65. The van der Waals surface area contributed by atoms with E-state index in [4.69, 9.17) is 0 Å². The molecule has 1 atom stereocenters. The Labute approximate surface area is 356 Å². The average molecular weight is 777 g/mol. The van der Waals surface area contributed by atoms with Gasteiger partial charge < -0.3 is 9.80 Å². The molecule has 1 unspecified atom stereocenters. The summed E-state index contributed by atoms with van der Waals surface area (Å²) in [6.45, 7) is 0. The third-order valence-corrected chi connectivity index (χ3v) is 12.8. The molecule has 2 aliphatic rings. The Hall–Kier alpha value is -7.94.